The molecule has 1 fully saturated rings. The molecular formula is C14H25N3. The maximum absolute atomic E-state index is 4.60. The third-order valence-electron chi connectivity index (χ3n) is 3.57. The Morgan fingerprint density at radius 3 is 2.82 bits per heavy atom. The van der Waals surface area contributed by atoms with Crippen LogP contribution in [-0.4, -0.2) is 15.6 Å². The van der Waals surface area contributed by atoms with Gasteiger partial charge in [0.05, 0.1) is 5.69 Å². The van der Waals surface area contributed by atoms with Gasteiger partial charge in [0.25, 0.3) is 0 Å². The van der Waals surface area contributed by atoms with E-state index in [0.29, 0.717) is 12.1 Å². The van der Waals surface area contributed by atoms with Crippen LogP contribution >= 0.6 is 0 Å². The fraction of sp³-hybridized carbons (Fsp3) is 0.786. The van der Waals surface area contributed by atoms with Crippen LogP contribution in [0.25, 0.3) is 0 Å². The standard InChI is InChI=1S/C14H25N3/c1-10(2)15-14-16-12(4)9-17(14)13-7-5-6-11(3)8-13/h9-11,13H,5-8H2,1-4H3,(H,15,16). The molecule has 1 aliphatic rings. The average molecular weight is 235 g/mol. The average Bonchev–Trinajstić information content (AvgIpc) is 2.58. The molecule has 1 aliphatic carbocycles. The molecule has 2 rings (SSSR count). The van der Waals surface area contributed by atoms with Gasteiger partial charge >= 0.3 is 0 Å². The zero-order chi connectivity index (χ0) is 12.4. The molecule has 1 aromatic rings. The molecule has 2 unspecified atom stereocenters. The smallest absolute Gasteiger partial charge is 0.203 e. The third kappa shape index (κ3) is 3.02. The van der Waals surface area contributed by atoms with Crippen LogP contribution in [0.2, 0.25) is 0 Å². The quantitative estimate of drug-likeness (QED) is 0.864. The fourth-order valence-electron chi connectivity index (χ4n) is 2.81. The Morgan fingerprint density at radius 2 is 2.18 bits per heavy atom. The number of hydrogen-bond donors (Lipinski definition) is 1. The van der Waals surface area contributed by atoms with Crippen molar-refractivity contribution in [3.05, 3.63) is 11.9 Å². The lowest BCUT2D eigenvalue weighted by Crippen LogP contribution is -2.21. The first kappa shape index (κ1) is 12.5. The van der Waals surface area contributed by atoms with Gasteiger partial charge in [-0.2, -0.15) is 0 Å². The van der Waals surface area contributed by atoms with Crippen molar-refractivity contribution in [1.29, 1.82) is 0 Å². The second-order valence-corrected chi connectivity index (χ2v) is 5.84. The molecule has 0 saturated heterocycles. The van der Waals surface area contributed by atoms with E-state index < -0.39 is 0 Å². The number of aromatic nitrogens is 2. The van der Waals surface area contributed by atoms with Gasteiger partial charge in [-0.3, -0.25) is 0 Å². The highest BCUT2D eigenvalue weighted by Gasteiger charge is 2.22. The molecule has 1 aromatic heterocycles. The maximum atomic E-state index is 4.60. The van der Waals surface area contributed by atoms with Crippen molar-refractivity contribution in [2.45, 2.75) is 65.5 Å². The second-order valence-electron chi connectivity index (χ2n) is 5.84. The second kappa shape index (κ2) is 5.11. The lowest BCUT2D eigenvalue weighted by atomic mass is 9.87. The van der Waals surface area contributed by atoms with Crippen molar-refractivity contribution in [1.82, 2.24) is 9.55 Å². The first-order valence-electron chi connectivity index (χ1n) is 6.88. The summed E-state index contributed by atoms with van der Waals surface area (Å²) in [4.78, 5) is 4.60. The van der Waals surface area contributed by atoms with E-state index in [9.17, 15) is 0 Å². The largest absolute Gasteiger partial charge is 0.353 e. The van der Waals surface area contributed by atoms with E-state index in [2.05, 4.69) is 48.8 Å². The van der Waals surface area contributed by atoms with E-state index in [1.54, 1.807) is 0 Å². The summed E-state index contributed by atoms with van der Waals surface area (Å²) in [6.45, 7) is 8.77. The third-order valence-corrected chi connectivity index (χ3v) is 3.57. The summed E-state index contributed by atoms with van der Waals surface area (Å²) in [5, 5.41) is 3.46. The van der Waals surface area contributed by atoms with Gasteiger partial charge in [-0.15, -0.1) is 0 Å². The molecule has 1 N–H and O–H groups in total. The van der Waals surface area contributed by atoms with Crippen molar-refractivity contribution in [2.75, 3.05) is 5.32 Å². The Bertz CT molecular complexity index is 368. The molecule has 2 atom stereocenters. The van der Waals surface area contributed by atoms with Crippen molar-refractivity contribution in [3.8, 4) is 0 Å². The zero-order valence-corrected chi connectivity index (χ0v) is 11.5. The Kier molecular flexibility index (Phi) is 3.75. The molecule has 0 aromatic carbocycles. The highest BCUT2D eigenvalue weighted by molar-refractivity contribution is 5.30. The lowest BCUT2D eigenvalue weighted by molar-refractivity contribution is 0.284. The van der Waals surface area contributed by atoms with Gasteiger partial charge in [-0.1, -0.05) is 19.8 Å². The maximum Gasteiger partial charge on any atom is 0.203 e. The number of aryl methyl sites for hydroxylation is 1. The van der Waals surface area contributed by atoms with Gasteiger partial charge in [0.2, 0.25) is 5.95 Å². The first-order chi connectivity index (χ1) is 8.06. The van der Waals surface area contributed by atoms with Crippen molar-refractivity contribution < 1.29 is 0 Å². The predicted molar refractivity (Wildman–Crippen MR) is 72.4 cm³/mol. The number of anilines is 1. The Balaban J connectivity index is 2.18. The topological polar surface area (TPSA) is 29.9 Å². The highest BCUT2D eigenvalue weighted by Crippen LogP contribution is 2.34. The minimum Gasteiger partial charge on any atom is -0.353 e. The van der Waals surface area contributed by atoms with Gasteiger partial charge < -0.3 is 9.88 Å². The van der Waals surface area contributed by atoms with E-state index in [-0.39, 0.29) is 0 Å². The number of rotatable bonds is 3. The van der Waals surface area contributed by atoms with E-state index in [1.165, 1.54) is 25.7 Å². The van der Waals surface area contributed by atoms with Crippen molar-refractivity contribution in [3.63, 3.8) is 0 Å². The lowest BCUT2D eigenvalue weighted by Gasteiger charge is -2.29. The van der Waals surface area contributed by atoms with Gasteiger partial charge in [0, 0.05) is 18.3 Å². The Labute approximate surface area is 105 Å². The zero-order valence-electron chi connectivity index (χ0n) is 11.5. The SMILES string of the molecule is Cc1cn(C2CCCC(C)C2)c(NC(C)C)n1. The van der Waals surface area contributed by atoms with Gasteiger partial charge in [0.15, 0.2) is 0 Å². The van der Waals surface area contributed by atoms with Gasteiger partial charge in [-0.25, -0.2) is 4.98 Å². The molecule has 3 heteroatoms. The monoisotopic (exact) mass is 235 g/mol. The summed E-state index contributed by atoms with van der Waals surface area (Å²) in [5.74, 6) is 1.90. The van der Waals surface area contributed by atoms with Crippen LogP contribution in [0.5, 0.6) is 0 Å². The van der Waals surface area contributed by atoms with E-state index in [0.717, 1.165) is 17.6 Å². The van der Waals surface area contributed by atoms with Crippen molar-refractivity contribution >= 4 is 5.95 Å². The van der Waals surface area contributed by atoms with Gasteiger partial charge in [0.1, 0.15) is 0 Å². The fourth-order valence-corrected chi connectivity index (χ4v) is 2.81. The molecule has 96 valence electrons. The van der Waals surface area contributed by atoms with E-state index in [1.807, 2.05) is 0 Å². The van der Waals surface area contributed by atoms with Crippen LogP contribution in [-0.2, 0) is 0 Å². The normalized spacial score (nSPS) is 25.2. The molecule has 3 nitrogen and oxygen atoms in total. The van der Waals surface area contributed by atoms with Gasteiger partial charge in [-0.05, 0) is 39.5 Å². The number of imidazole rings is 1. The minimum atomic E-state index is 0.441. The molecular weight excluding hydrogens is 210 g/mol. The number of nitrogens with one attached hydrogen (secondary N) is 1. The van der Waals surface area contributed by atoms with Crippen LogP contribution in [0, 0.1) is 12.8 Å². The van der Waals surface area contributed by atoms with Crippen LogP contribution in [0.1, 0.15) is 58.2 Å². The molecule has 0 radical (unpaired) electrons. The van der Waals surface area contributed by atoms with E-state index >= 15 is 0 Å². The van der Waals surface area contributed by atoms with Crippen LogP contribution in [0.4, 0.5) is 5.95 Å². The summed E-state index contributed by atoms with van der Waals surface area (Å²) in [6.07, 6.45) is 7.53. The van der Waals surface area contributed by atoms with Crippen molar-refractivity contribution in [2.24, 2.45) is 5.92 Å². The summed E-state index contributed by atoms with van der Waals surface area (Å²) in [5.41, 5.74) is 1.12. The molecule has 17 heavy (non-hydrogen) atoms. The molecule has 0 amide bonds. The molecule has 0 spiro atoms. The van der Waals surface area contributed by atoms with Crippen LogP contribution < -0.4 is 5.32 Å². The van der Waals surface area contributed by atoms with Crippen LogP contribution in [0.15, 0.2) is 6.20 Å². The molecule has 0 bridgehead atoms. The molecule has 0 aliphatic heterocycles. The number of hydrogen-bond acceptors (Lipinski definition) is 2. The summed E-state index contributed by atoms with van der Waals surface area (Å²) in [6, 6.07) is 1.08. The summed E-state index contributed by atoms with van der Waals surface area (Å²) < 4.78 is 2.37. The molecule has 1 saturated carbocycles. The first-order valence-corrected chi connectivity index (χ1v) is 6.88. The van der Waals surface area contributed by atoms with E-state index in [4.69, 9.17) is 0 Å². The number of nitrogens with zero attached hydrogens (tertiary/aromatic N) is 2. The predicted octanol–water partition coefficient (Wildman–Crippen LogP) is 3.76. The molecule has 1 heterocycles. The summed E-state index contributed by atoms with van der Waals surface area (Å²) >= 11 is 0. The Morgan fingerprint density at radius 1 is 1.41 bits per heavy atom. The minimum absolute atomic E-state index is 0.441. The van der Waals surface area contributed by atoms with Crippen LogP contribution in [0.3, 0.4) is 0 Å². The highest BCUT2D eigenvalue weighted by atomic mass is 15.2. The summed E-state index contributed by atoms with van der Waals surface area (Å²) in [7, 11) is 0. The Hall–Kier alpha value is -0.990.